The molecule has 3 N–H and O–H groups in total. The average Bonchev–Trinajstić information content (AvgIpc) is 2.35. The number of hydrogen-bond donors (Lipinski definition) is 2. The molecule has 0 aliphatic heterocycles. The lowest BCUT2D eigenvalue weighted by atomic mass is 9.95. The summed E-state index contributed by atoms with van der Waals surface area (Å²) in [6.07, 6.45) is 1.16. The van der Waals surface area contributed by atoms with E-state index in [1.54, 1.807) is 0 Å². The highest BCUT2D eigenvalue weighted by molar-refractivity contribution is 5.19. The molecule has 2 heteroatoms. The second kappa shape index (κ2) is 7.46. The van der Waals surface area contributed by atoms with Crippen LogP contribution in [-0.4, -0.2) is 19.1 Å². The highest BCUT2D eigenvalue weighted by Crippen LogP contribution is 2.18. The molecule has 2 atom stereocenters. The summed E-state index contributed by atoms with van der Waals surface area (Å²) in [7, 11) is 0. The molecule has 0 saturated carbocycles. The number of benzene rings is 1. The van der Waals surface area contributed by atoms with Gasteiger partial charge < -0.3 is 11.1 Å². The zero-order valence-electron chi connectivity index (χ0n) is 11.3. The van der Waals surface area contributed by atoms with Gasteiger partial charge in [-0.15, -0.1) is 0 Å². The first-order chi connectivity index (χ1) is 8.19. The number of hydrogen-bond acceptors (Lipinski definition) is 2. The standard InChI is InChI=1S/C15H26N2/c1-4-13(14-8-6-5-7-9-14)11-17-15(10-16)12(2)3/h5-9,12-13,15,17H,4,10-11,16H2,1-3H3. The number of nitrogens with two attached hydrogens (primary N) is 1. The fourth-order valence-corrected chi connectivity index (χ4v) is 2.11. The Morgan fingerprint density at radius 2 is 1.82 bits per heavy atom. The van der Waals surface area contributed by atoms with Gasteiger partial charge in [-0.3, -0.25) is 0 Å². The smallest absolute Gasteiger partial charge is 0.0213 e. The van der Waals surface area contributed by atoms with Crippen molar-refractivity contribution >= 4 is 0 Å². The topological polar surface area (TPSA) is 38.0 Å². The summed E-state index contributed by atoms with van der Waals surface area (Å²) in [6.45, 7) is 8.40. The van der Waals surface area contributed by atoms with Crippen molar-refractivity contribution in [3.05, 3.63) is 35.9 Å². The molecule has 2 nitrogen and oxygen atoms in total. The minimum absolute atomic E-state index is 0.424. The Bertz CT molecular complexity index is 295. The molecule has 1 aromatic carbocycles. The molecule has 0 amide bonds. The molecule has 0 heterocycles. The summed E-state index contributed by atoms with van der Waals surface area (Å²) < 4.78 is 0. The van der Waals surface area contributed by atoms with Gasteiger partial charge in [0.2, 0.25) is 0 Å². The lowest BCUT2D eigenvalue weighted by molar-refractivity contribution is 0.390. The van der Waals surface area contributed by atoms with Crippen molar-refractivity contribution in [1.29, 1.82) is 0 Å². The van der Waals surface area contributed by atoms with Crippen LogP contribution in [0.5, 0.6) is 0 Å². The second-order valence-corrected chi connectivity index (χ2v) is 5.01. The molecule has 0 aromatic heterocycles. The van der Waals surface area contributed by atoms with E-state index in [0.29, 0.717) is 24.4 Å². The first kappa shape index (κ1) is 14.2. The molecule has 1 rings (SSSR count). The Morgan fingerprint density at radius 1 is 1.18 bits per heavy atom. The Morgan fingerprint density at radius 3 is 2.29 bits per heavy atom. The van der Waals surface area contributed by atoms with Crippen LogP contribution in [0.25, 0.3) is 0 Å². The zero-order valence-corrected chi connectivity index (χ0v) is 11.3. The molecule has 0 spiro atoms. The monoisotopic (exact) mass is 234 g/mol. The van der Waals surface area contributed by atoms with E-state index in [2.05, 4.69) is 56.4 Å². The van der Waals surface area contributed by atoms with E-state index in [1.165, 1.54) is 5.56 Å². The Balaban J connectivity index is 2.53. The molecule has 0 aliphatic rings. The molecule has 2 unspecified atom stereocenters. The predicted octanol–water partition coefficient (Wildman–Crippen LogP) is 2.75. The van der Waals surface area contributed by atoms with E-state index in [9.17, 15) is 0 Å². The van der Waals surface area contributed by atoms with Crippen molar-refractivity contribution in [2.24, 2.45) is 11.7 Å². The average molecular weight is 234 g/mol. The molecule has 0 aliphatic carbocycles. The third-order valence-electron chi connectivity index (χ3n) is 3.45. The molecular formula is C15H26N2. The SMILES string of the molecule is CCC(CNC(CN)C(C)C)c1ccccc1. The number of nitrogens with one attached hydrogen (secondary N) is 1. The van der Waals surface area contributed by atoms with Crippen LogP contribution < -0.4 is 11.1 Å². The minimum Gasteiger partial charge on any atom is -0.329 e. The number of rotatable bonds is 7. The first-order valence-electron chi connectivity index (χ1n) is 6.67. The maximum absolute atomic E-state index is 5.78. The van der Waals surface area contributed by atoms with Crippen LogP contribution in [0.15, 0.2) is 30.3 Å². The van der Waals surface area contributed by atoms with Crippen LogP contribution in [0.4, 0.5) is 0 Å². The second-order valence-electron chi connectivity index (χ2n) is 5.01. The third kappa shape index (κ3) is 4.49. The lowest BCUT2D eigenvalue weighted by Crippen LogP contribution is -2.42. The van der Waals surface area contributed by atoms with Gasteiger partial charge in [0.1, 0.15) is 0 Å². The van der Waals surface area contributed by atoms with Crippen LogP contribution in [0.3, 0.4) is 0 Å². The zero-order chi connectivity index (χ0) is 12.7. The van der Waals surface area contributed by atoms with Crippen molar-refractivity contribution < 1.29 is 0 Å². The van der Waals surface area contributed by atoms with E-state index in [0.717, 1.165) is 13.0 Å². The highest BCUT2D eigenvalue weighted by Gasteiger charge is 2.14. The molecule has 0 radical (unpaired) electrons. The van der Waals surface area contributed by atoms with Crippen molar-refractivity contribution in [3.8, 4) is 0 Å². The maximum atomic E-state index is 5.78. The van der Waals surface area contributed by atoms with Gasteiger partial charge in [0.25, 0.3) is 0 Å². The molecule has 0 fully saturated rings. The van der Waals surface area contributed by atoms with Crippen molar-refractivity contribution in [2.75, 3.05) is 13.1 Å². The summed E-state index contributed by atoms with van der Waals surface area (Å²) in [6, 6.07) is 11.1. The van der Waals surface area contributed by atoms with Crippen LogP contribution in [0.2, 0.25) is 0 Å². The van der Waals surface area contributed by atoms with E-state index >= 15 is 0 Å². The van der Waals surface area contributed by atoms with Gasteiger partial charge in [-0.2, -0.15) is 0 Å². The fourth-order valence-electron chi connectivity index (χ4n) is 2.11. The Labute approximate surface area is 106 Å². The van der Waals surface area contributed by atoms with E-state index in [-0.39, 0.29) is 0 Å². The van der Waals surface area contributed by atoms with Gasteiger partial charge in [0.15, 0.2) is 0 Å². The molecule has 17 heavy (non-hydrogen) atoms. The quantitative estimate of drug-likeness (QED) is 0.761. The van der Waals surface area contributed by atoms with Gasteiger partial charge in [-0.1, -0.05) is 51.1 Å². The van der Waals surface area contributed by atoms with Crippen LogP contribution in [0, 0.1) is 5.92 Å². The Kier molecular flexibility index (Phi) is 6.23. The van der Waals surface area contributed by atoms with Crippen molar-refractivity contribution in [2.45, 2.75) is 39.2 Å². The normalized spacial score (nSPS) is 14.9. The Hall–Kier alpha value is -0.860. The summed E-state index contributed by atoms with van der Waals surface area (Å²) >= 11 is 0. The predicted molar refractivity (Wildman–Crippen MR) is 75.2 cm³/mol. The van der Waals surface area contributed by atoms with Gasteiger partial charge in [0.05, 0.1) is 0 Å². The van der Waals surface area contributed by atoms with Gasteiger partial charge in [0, 0.05) is 19.1 Å². The molecule has 0 bridgehead atoms. The first-order valence-corrected chi connectivity index (χ1v) is 6.67. The molecule has 96 valence electrons. The van der Waals surface area contributed by atoms with Crippen LogP contribution in [0.1, 0.15) is 38.7 Å². The van der Waals surface area contributed by atoms with E-state index in [1.807, 2.05) is 0 Å². The van der Waals surface area contributed by atoms with Gasteiger partial charge >= 0.3 is 0 Å². The van der Waals surface area contributed by atoms with Gasteiger partial charge in [-0.25, -0.2) is 0 Å². The maximum Gasteiger partial charge on any atom is 0.0213 e. The summed E-state index contributed by atoms with van der Waals surface area (Å²) in [4.78, 5) is 0. The minimum atomic E-state index is 0.424. The molecule has 0 saturated heterocycles. The lowest BCUT2D eigenvalue weighted by Gasteiger charge is -2.24. The van der Waals surface area contributed by atoms with Crippen molar-refractivity contribution in [1.82, 2.24) is 5.32 Å². The third-order valence-corrected chi connectivity index (χ3v) is 3.45. The summed E-state index contributed by atoms with van der Waals surface area (Å²) in [5.74, 6) is 1.18. The van der Waals surface area contributed by atoms with Crippen LogP contribution >= 0.6 is 0 Å². The molecular weight excluding hydrogens is 208 g/mol. The largest absolute Gasteiger partial charge is 0.329 e. The fraction of sp³-hybridized carbons (Fsp3) is 0.600. The van der Waals surface area contributed by atoms with E-state index < -0.39 is 0 Å². The van der Waals surface area contributed by atoms with Crippen LogP contribution in [-0.2, 0) is 0 Å². The van der Waals surface area contributed by atoms with Crippen molar-refractivity contribution in [3.63, 3.8) is 0 Å². The molecule has 1 aromatic rings. The van der Waals surface area contributed by atoms with Gasteiger partial charge in [-0.05, 0) is 23.8 Å². The van der Waals surface area contributed by atoms with E-state index in [4.69, 9.17) is 5.73 Å². The highest BCUT2D eigenvalue weighted by atomic mass is 14.9. The summed E-state index contributed by atoms with van der Waals surface area (Å²) in [5.41, 5.74) is 7.20. The summed E-state index contributed by atoms with van der Waals surface area (Å²) in [5, 5.41) is 3.59.